The fraction of sp³-hybridized carbons (Fsp3) is 0.0667. The number of rotatable bonds is 3. The second-order valence-electron chi connectivity index (χ2n) is 4.55. The van der Waals surface area contributed by atoms with Crippen molar-refractivity contribution in [3.05, 3.63) is 64.7 Å². The van der Waals surface area contributed by atoms with Crippen LogP contribution in [-0.2, 0) is 10.1 Å². The van der Waals surface area contributed by atoms with Gasteiger partial charge in [0.25, 0.3) is 10.1 Å². The number of hydrogen-bond acceptors (Lipinski definition) is 5. The van der Waals surface area contributed by atoms with Gasteiger partial charge < -0.3 is 10.5 Å². The van der Waals surface area contributed by atoms with Crippen molar-refractivity contribution in [2.75, 3.05) is 6.26 Å². The summed E-state index contributed by atoms with van der Waals surface area (Å²) in [6, 6.07) is 13.2. The maximum Gasteiger partial charge on any atom is 0.343 e. The number of carbonyl (C=O) groups is 1. The number of nitrogen functional groups attached to an aromatic ring is 1. The summed E-state index contributed by atoms with van der Waals surface area (Å²) < 4.78 is 31.1. The van der Waals surface area contributed by atoms with Crippen molar-refractivity contribution in [3.8, 4) is 5.75 Å². The highest BCUT2D eigenvalue weighted by atomic mass is 35.5. The van der Waals surface area contributed by atoms with Crippen LogP contribution in [0.4, 0.5) is 0 Å². The first kappa shape index (κ1) is 19.6. The number of nitrogens with two attached hydrogens (primary N) is 1. The number of nitrogens with one attached hydrogen (secondary N) is 1. The molecule has 0 aromatic heterocycles. The smallest absolute Gasteiger partial charge is 0.343 e. The van der Waals surface area contributed by atoms with Crippen LogP contribution >= 0.6 is 11.6 Å². The van der Waals surface area contributed by atoms with E-state index in [4.69, 9.17) is 32.0 Å². The maximum absolute atomic E-state index is 11.8. The molecule has 0 aliphatic heterocycles. The van der Waals surface area contributed by atoms with Gasteiger partial charge in [0, 0.05) is 5.56 Å². The van der Waals surface area contributed by atoms with Gasteiger partial charge in [0.2, 0.25) is 0 Å². The molecule has 0 aliphatic carbocycles. The first-order valence-electron chi connectivity index (χ1n) is 6.41. The third kappa shape index (κ3) is 7.23. The molecule has 2 aromatic carbocycles. The summed E-state index contributed by atoms with van der Waals surface area (Å²) >= 11 is 5.98. The van der Waals surface area contributed by atoms with Gasteiger partial charge in [0.05, 0.1) is 16.8 Å². The zero-order chi connectivity index (χ0) is 18.3. The Morgan fingerprint density at radius 3 is 2.17 bits per heavy atom. The number of carbonyl (C=O) groups excluding carboxylic acids is 1. The van der Waals surface area contributed by atoms with Gasteiger partial charge in [-0.05, 0) is 30.3 Å². The van der Waals surface area contributed by atoms with E-state index in [1.807, 2.05) is 6.07 Å². The largest absolute Gasteiger partial charge is 0.421 e. The summed E-state index contributed by atoms with van der Waals surface area (Å²) in [7, 11) is -3.67. The van der Waals surface area contributed by atoms with E-state index in [2.05, 4.69) is 0 Å². The van der Waals surface area contributed by atoms with Crippen LogP contribution in [0.25, 0.3) is 0 Å². The SMILES string of the molecule is CS(=O)(=O)O.N=C(N)c1ccc(OC(=O)c2ccccc2)c(Cl)c1. The molecule has 0 spiro atoms. The standard InChI is InChI=1S/C14H11ClN2O2.CH4O3S/c15-11-8-10(13(16)17)6-7-12(11)19-14(18)9-4-2-1-3-5-9;1-5(2,3)4/h1-8H,(H3,16,17);1H3,(H,2,3,4). The molecule has 0 saturated carbocycles. The van der Waals surface area contributed by atoms with Gasteiger partial charge >= 0.3 is 5.97 Å². The summed E-state index contributed by atoms with van der Waals surface area (Å²) in [4.78, 5) is 11.8. The van der Waals surface area contributed by atoms with Gasteiger partial charge in [-0.3, -0.25) is 9.96 Å². The van der Waals surface area contributed by atoms with Crippen molar-refractivity contribution < 1.29 is 22.5 Å². The molecule has 24 heavy (non-hydrogen) atoms. The number of ether oxygens (including phenoxy) is 1. The van der Waals surface area contributed by atoms with Crippen LogP contribution < -0.4 is 10.5 Å². The molecule has 0 amide bonds. The highest BCUT2D eigenvalue weighted by molar-refractivity contribution is 7.85. The highest BCUT2D eigenvalue weighted by Crippen LogP contribution is 2.26. The second-order valence-corrected chi connectivity index (χ2v) is 6.42. The molecule has 0 atom stereocenters. The van der Waals surface area contributed by atoms with Gasteiger partial charge in [-0.15, -0.1) is 0 Å². The summed E-state index contributed by atoms with van der Waals surface area (Å²) in [6.45, 7) is 0. The minimum Gasteiger partial charge on any atom is -0.421 e. The van der Waals surface area contributed by atoms with Crippen molar-refractivity contribution in [1.29, 1.82) is 5.41 Å². The van der Waals surface area contributed by atoms with Gasteiger partial charge in [-0.2, -0.15) is 8.42 Å². The Morgan fingerprint density at radius 1 is 1.17 bits per heavy atom. The van der Waals surface area contributed by atoms with Crippen LogP contribution in [-0.4, -0.2) is 31.0 Å². The lowest BCUT2D eigenvalue weighted by Gasteiger charge is -2.07. The zero-order valence-electron chi connectivity index (χ0n) is 12.6. The normalized spacial score (nSPS) is 10.3. The second kappa shape index (κ2) is 8.44. The first-order valence-corrected chi connectivity index (χ1v) is 8.64. The third-order valence-corrected chi connectivity index (χ3v) is 2.75. The van der Waals surface area contributed by atoms with Crippen LogP contribution in [0.2, 0.25) is 5.02 Å². The van der Waals surface area contributed by atoms with E-state index in [0.29, 0.717) is 17.4 Å². The van der Waals surface area contributed by atoms with Crippen LogP contribution in [0.5, 0.6) is 5.75 Å². The maximum atomic E-state index is 11.8. The lowest BCUT2D eigenvalue weighted by atomic mass is 10.2. The molecule has 0 fully saturated rings. The van der Waals surface area contributed by atoms with Crippen molar-refractivity contribution in [2.45, 2.75) is 0 Å². The molecule has 0 radical (unpaired) electrons. The average Bonchev–Trinajstić information content (AvgIpc) is 2.48. The minimum atomic E-state index is -3.67. The average molecular weight is 371 g/mol. The molecule has 0 unspecified atom stereocenters. The van der Waals surface area contributed by atoms with Gasteiger partial charge in [-0.1, -0.05) is 29.8 Å². The molecule has 0 saturated heterocycles. The first-order chi connectivity index (χ1) is 11.1. The summed E-state index contributed by atoms with van der Waals surface area (Å²) in [5.41, 5.74) is 6.26. The number of amidine groups is 1. The monoisotopic (exact) mass is 370 g/mol. The molecule has 0 aliphatic rings. The van der Waals surface area contributed by atoms with E-state index >= 15 is 0 Å². The fourth-order valence-electron chi connectivity index (χ4n) is 1.48. The predicted octanol–water partition coefficient (Wildman–Crippen LogP) is 2.35. The van der Waals surface area contributed by atoms with E-state index < -0.39 is 16.1 Å². The Labute approximate surface area is 144 Å². The van der Waals surface area contributed by atoms with E-state index in [1.54, 1.807) is 30.3 Å². The lowest BCUT2D eigenvalue weighted by Crippen LogP contribution is -2.12. The fourth-order valence-corrected chi connectivity index (χ4v) is 1.70. The van der Waals surface area contributed by atoms with Gasteiger partial charge in [0.1, 0.15) is 11.6 Å². The van der Waals surface area contributed by atoms with E-state index in [1.165, 1.54) is 12.1 Å². The Hall–Kier alpha value is -2.42. The Balaban J connectivity index is 0.000000505. The van der Waals surface area contributed by atoms with Crippen molar-refractivity contribution >= 4 is 33.5 Å². The Morgan fingerprint density at radius 2 is 1.71 bits per heavy atom. The molecular weight excluding hydrogens is 356 g/mol. The summed E-state index contributed by atoms with van der Waals surface area (Å²) in [6.07, 6.45) is 0.715. The molecule has 0 bridgehead atoms. The van der Waals surface area contributed by atoms with E-state index in [-0.39, 0.29) is 16.6 Å². The van der Waals surface area contributed by atoms with E-state index in [0.717, 1.165) is 0 Å². The molecule has 128 valence electrons. The third-order valence-electron chi connectivity index (χ3n) is 2.46. The molecule has 2 aromatic rings. The summed E-state index contributed by atoms with van der Waals surface area (Å²) in [5.74, 6) is -0.346. The predicted molar refractivity (Wildman–Crippen MR) is 91.3 cm³/mol. The minimum absolute atomic E-state index is 0.0946. The van der Waals surface area contributed by atoms with Gasteiger partial charge in [-0.25, -0.2) is 4.79 Å². The molecule has 9 heteroatoms. The van der Waals surface area contributed by atoms with E-state index in [9.17, 15) is 13.2 Å². The molecule has 0 heterocycles. The molecule has 7 nitrogen and oxygen atoms in total. The number of hydrogen-bond donors (Lipinski definition) is 3. The molecular formula is C15H15ClN2O5S. The number of esters is 1. The summed E-state index contributed by atoms with van der Waals surface area (Å²) in [5, 5.41) is 7.52. The van der Waals surface area contributed by atoms with Crippen LogP contribution in [0.1, 0.15) is 15.9 Å². The Kier molecular flexibility index (Phi) is 6.90. The van der Waals surface area contributed by atoms with Crippen molar-refractivity contribution in [1.82, 2.24) is 0 Å². The van der Waals surface area contributed by atoms with Crippen LogP contribution in [0.3, 0.4) is 0 Å². The Bertz CT molecular complexity index is 830. The number of benzene rings is 2. The van der Waals surface area contributed by atoms with Crippen LogP contribution in [0, 0.1) is 5.41 Å². The van der Waals surface area contributed by atoms with Crippen molar-refractivity contribution in [3.63, 3.8) is 0 Å². The quantitative estimate of drug-likeness (QED) is 0.250. The molecule has 2 rings (SSSR count). The lowest BCUT2D eigenvalue weighted by molar-refractivity contribution is 0.0735. The topological polar surface area (TPSA) is 131 Å². The highest BCUT2D eigenvalue weighted by Gasteiger charge is 2.11. The number of halogens is 1. The van der Waals surface area contributed by atoms with Gasteiger partial charge in [0.15, 0.2) is 0 Å². The van der Waals surface area contributed by atoms with Crippen LogP contribution in [0.15, 0.2) is 48.5 Å². The molecule has 4 N–H and O–H groups in total. The van der Waals surface area contributed by atoms with Crippen molar-refractivity contribution in [2.24, 2.45) is 5.73 Å². The zero-order valence-corrected chi connectivity index (χ0v) is 14.1.